The first-order chi connectivity index (χ1) is 7.32. The zero-order valence-corrected chi connectivity index (χ0v) is 10.1. The Hall–Kier alpha value is -1.06. The van der Waals surface area contributed by atoms with E-state index in [9.17, 15) is 10.2 Å². The number of phenols is 1. The number of aromatic hydroxyl groups is 1. The molecule has 4 N–H and O–H groups in total. The SMILES string of the molecule is CC(C)(C)[C@H](N)C[C@H](O)c1ccccc1O. The molecule has 0 saturated carbocycles. The van der Waals surface area contributed by atoms with Gasteiger partial charge in [0.1, 0.15) is 5.75 Å². The quantitative estimate of drug-likeness (QED) is 0.736. The topological polar surface area (TPSA) is 66.5 Å². The highest BCUT2D eigenvalue weighted by atomic mass is 16.3. The van der Waals surface area contributed by atoms with Crippen molar-refractivity contribution in [3.63, 3.8) is 0 Å². The van der Waals surface area contributed by atoms with E-state index in [1.807, 2.05) is 20.8 Å². The number of nitrogens with two attached hydrogens (primary N) is 1. The van der Waals surface area contributed by atoms with Gasteiger partial charge >= 0.3 is 0 Å². The van der Waals surface area contributed by atoms with Gasteiger partial charge in [0.15, 0.2) is 0 Å². The van der Waals surface area contributed by atoms with Crippen LogP contribution in [0.3, 0.4) is 0 Å². The molecular formula is C13H21NO2. The van der Waals surface area contributed by atoms with E-state index in [1.165, 1.54) is 0 Å². The number of hydrogen-bond donors (Lipinski definition) is 3. The fourth-order valence-electron chi connectivity index (χ4n) is 1.49. The van der Waals surface area contributed by atoms with Crippen LogP contribution in [0.1, 0.15) is 38.9 Å². The van der Waals surface area contributed by atoms with E-state index in [4.69, 9.17) is 5.73 Å². The van der Waals surface area contributed by atoms with Crippen LogP contribution in [0.25, 0.3) is 0 Å². The molecule has 1 aromatic carbocycles. The summed E-state index contributed by atoms with van der Waals surface area (Å²) in [5.74, 6) is 0.121. The van der Waals surface area contributed by atoms with Gasteiger partial charge in [0.2, 0.25) is 0 Å². The Morgan fingerprint density at radius 2 is 1.81 bits per heavy atom. The molecule has 0 unspecified atom stereocenters. The van der Waals surface area contributed by atoms with E-state index in [2.05, 4.69) is 0 Å². The van der Waals surface area contributed by atoms with Gasteiger partial charge < -0.3 is 15.9 Å². The van der Waals surface area contributed by atoms with Crippen LogP contribution in [0.5, 0.6) is 5.75 Å². The number of aliphatic hydroxyl groups excluding tert-OH is 1. The van der Waals surface area contributed by atoms with Gasteiger partial charge in [0.05, 0.1) is 6.10 Å². The lowest BCUT2D eigenvalue weighted by atomic mass is 9.83. The molecule has 16 heavy (non-hydrogen) atoms. The van der Waals surface area contributed by atoms with E-state index in [0.717, 1.165) is 0 Å². The Kier molecular flexibility index (Phi) is 3.94. The fraction of sp³-hybridized carbons (Fsp3) is 0.538. The summed E-state index contributed by atoms with van der Waals surface area (Å²) in [6.07, 6.45) is -0.267. The molecule has 3 nitrogen and oxygen atoms in total. The summed E-state index contributed by atoms with van der Waals surface area (Å²) in [5, 5.41) is 19.6. The summed E-state index contributed by atoms with van der Waals surface area (Å²) in [4.78, 5) is 0. The average Bonchev–Trinajstić information content (AvgIpc) is 2.16. The van der Waals surface area contributed by atoms with Crippen LogP contribution in [-0.4, -0.2) is 16.3 Å². The molecule has 2 atom stereocenters. The van der Waals surface area contributed by atoms with Crippen molar-refractivity contribution in [1.29, 1.82) is 0 Å². The van der Waals surface area contributed by atoms with E-state index in [-0.39, 0.29) is 17.2 Å². The molecule has 0 aliphatic carbocycles. The maximum atomic E-state index is 10.00. The van der Waals surface area contributed by atoms with Gasteiger partial charge in [0, 0.05) is 11.6 Å². The molecule has 0 spiro atoms. The van der Waals surface area contributed by atoms with Gasteiger partial charge in [-0.25, -0.2) is 0 Å². The largest absolute Gasteiger partial charge is 0.508 e. The summed E-state index contributed by atoms with van der Waals surface area (Å²) in [6.45, 7) is 6.11. The van der Waals surface area contributed by atoms with Crippen molar-refractivity contribution >= 4 is 0 Å². The highest BCUT2D eigenvalue weighted by Crippen LogP contribution is 2.30. The smallest absolute Gasteiger partial charge is 0.121 e. The Morgan fingerprint density at radius 1 is 1.25 bits per heavy atom. The first-order valence-corrected chi connectivity index (χ1v) is 5.54. The number of aliphatic hydroxyl groups is 1. The minimum absolute atomic E-state index is 0.0502. The Morgan fingerprint density at radius 3 is 2.31 bits per heavy atom. The van der Waals surface area contributed by atoms with E-state index >= 15 is 0 Å². The summed E-state index contributed by atoms with van der Waals surface area (Å²) < 4.78 is 0. The minimum atomic E-state index is -0.713. The van der Waals surface area contributed by atoms with E-state index in [1.54, 1.807) is 24.3 Å². The lowest BCUT2D eigenvalue weighted by Crippen LogP contribution is -2.36. The van der Waals surface area contributed by atoms with E-state index < -0.39 is 6.10 Å². The van der Waals surface area contributed by atoms with Crippen LogP contribution in [0.4, 0.5) is 0 Å². The van der Waals surface area contributed by atoms with Gasteiger partial charge in [-0.15, -0.1) is 0 Å². The maximum Gasteiger partial charge on any atom is 0.121 e. The van der Waals surface area contributed by atoms with Crippen molar-refractivity contribution in [2.75, 3.05) is 0 Å². The number of benzene rings is 1. The third kappa shape index (κ3) is 3.22. The lowest BCUT2D eigenvalue weighted by Gasteiger charge is -2.29. The molecule has 0 aliphatic heterocycles. The zero-order valence-electron chi connectivity index (χ0n) is 10.1. The molecule has 0 saturated heterocycles. The van der Waals surface area contributed by atoms with Crippen LogP contribution in [0, 0.1) is 5.41 Å². The standard InChI is InChI=1S/C13H21NO2/c1-13(2,3)12(14)8-11(16)9-6-4-5-7-10(9)15/h4-7,11-12,15-16H,8,14H2,1-3H3/t11-,12+/m0/s1. The van der Waals surface area contributed by atoms with Crippen LogP contribution < -0.4 is 5.73 Å². The van der Waals surface area contributed by atoms with Crippen LogP contribution in [0.2, 0.25) is 0 Å². The second-order valence-electron chi connectivity index (χ2n) is 5.28. The van der Waals surface area contributed by atoms with Crippen molar-refractivity contribution in [3.05, 3.63) is 29.8 Å². The predicted molar refractivity (Wildman–Crippen MR) is 65.1 cm³/mol. The third-order valence-corrected chi connectivity index (χ3v) is 2.89. The number of para-hydroxylation sites is 1. The summed E-state index contributed by atoms with van der Waals surface area (Å²) in [5.41, 5.74) is 6.49. The molecule has 0 bridgehead atoms. The van der Waals surface area contributed by atoms with Gasteiger partial charge in [0.25, 0.3) is 0 Å². The second kappa shape index (κ2) is 4.85. The minimum Gasteiger partial charge on any atom is -0.508 e. The van der Waals surface area contributed by atoms with Gasteiger partial charge in [-0.2, -0.15) is 0 Å². The van der Waals surface area contributed by atoms with Gasteiger partial charge in [-0.3, -0.25) is 0 Å². The average molecular weight is 223 g/mol. The molecule has 0 radical (unpaired) electrons. The van der Waals surface area contributed by atoms with Gasteiger partial charge in [-0.05, 0) is 17.9 Å². The molecule has 90 valence electrons. The molecule has 0 amide bonds. The maximum absolute atomic E-state index is 10.00. The molecule has 0 fully saturated rings. The molecule has 3 heteroatoms. The Bertz CT molecular complexity index is 344. The molecule has 1 aromatic rings. The normalized spacial score (nSPS) is 15.8. The van der Waals surface area contributed by atoms with Crippen LogP contribution >= 0.6 is 0 Å². The van der Waals surface area contributed by atoms with Crippen molar-refractivity contribution in [2.45, 2.75) is 39.3 Å². The second-order valence-corrected chi connectivity index (χ2v) is 5.28. The molecule has 0 heterocycles. The van der Waals surface area contributed by atoms with E-state index in [0.29, 0.717) is 12.0 Å². The van der Waals surface area contributed by atoms with Gasteiger partial charge in [-0.1, -0.05) is 39.0 Å². The van der Waals surface area contributed by atoms with Crippen LogP contribution in [0.15, 0.2) is 24.3 Å². The number of hydrogen-bond acceptors (Lipinski definition) is 3. The fourth-order valence-corrected chi connectivity index (χ4v) is 1.49. The highest BCUT2D eigenvalue weighted by Gasteiger charge is 2.24. The number of phenolic OH excluding ortho intramolecular Hbond substituents is 1. The van der Waals surface area contributed by atoms with Crippen molar-refractivity contribution in [1.82, 2.24) is 0 Å². The molecule has 0 aromatic heterocycles. The Balaban J connectivity index is 2.73. The van der Waals surface area contributed by atoms with Crippen molar-refractivity contribution in [3.8, 4) is 5.75 Å². The van der Waals surface area contributed by atoms with Crippen molar-refractivity contribution < 1.29 is 10.2 Å². The summed E-state index contributed by atoms with van der Waals surface area (Å²) in [7, 11) is 0. The molecular weight excluding hydrogens is 202 g/mol. The predicted octanol–water partition coefficient (Wildman–Crippen LogP) is 2.19. The monoisotopic (exact) mass is 223 g/mol. The summed E-state index contributed by atoms with van der Waals surface area (Å²) in [6, 6.07) is 6.70. The number of rotatable bonds is 3. The van der Waals surface area contributed by atoms with Crippen LogP contribution in [-0.2, 0) is 0 Å². The third-order valence-electron chi connectivity index (χ3n) is 2.89. The first-order valence-electron chi connectivity index (χ1n) is 5.54. The lowest BCUT2D eigenvalue weighted by molar-refractivity contribution is 0.131. The zero-order chi connectivity index (χ0) is 12.3. The molecule has 0 aliphatic rings. The first kappa shape index (κ1) is 13.0. The summed E-state index contributed by atoms with van der Waals surface area (Å²) >= 11 is 0. The highest BCUT2D eigenvalue weighted by molar-refractivity contribution is 5.33. The van der Waals surface area contributed by atoms with Crippen molar-refractivity contribution in [2.24, 2.45) is 11.1 Å². The molecule has 1 rings (SSSR count). The Labute approximate surface area is 96.9 Å².